The van der Waals surface area contributed by atoms with Gasteiger partial charge in [0.25, 0.3) is 0 Å². The minimum atomic E-state index is -2.06. The third kappa shape index (κ3) is 481. The molecule has 80 valence electrons. The molecule has 11 heavy (non-hydrogen) atoms. The van der Waals surface area contributed by atoms with Gasteiger partial charge in [0.15, 0.2) is 0 Å². The van der Waals surface area contributed by atoms with E-state index in [0.29, 0.717) is 0 Å². The second-order valence-corrected chi connectivity index (χ2v) is 9.18. The normalized spacial score (nSPS) is 2.45. The van der Waals surface area contributed by atoms with Crippen LogP contribution >= 0.6 is 25.7 Å². The summed E-state index contributed by atoms with van der Waals surface area (Å²) in [7, 11) is 15.0. The van der Waals surface area contributed by atoms with Crippen molar-refractivity contribution in [1.29, 1.82) is 0 Å². The zero-order valence-electron chi connectivity index (χ0n) is 5.21. The second-order valence-electron chi connectivity index (χ2n) is 0.247. The summed E-state index contributed by atoms with van der Waals surface area (Å²) < 4.78 is 0. The molecule has 0 bridgehead atoms. The van der Waals surface area contributed by atoms with Crippen molar-refractivity contribution in [1.82, 2.24) is 0 Å². The molecule has 0 amide bonds. The van der Waals surface area contributed by atoms with E-state index >= 15 is 0 Å². The van der Waals surface area contributed by atoms with E-state index in [1.807, 2.05) is 0 Å². The van der Waals surface area contributed by atoms with Gasteiger partial charge in [0.05, 0.1) is 0 Å². The third-order valence-electron chi connectivity index (χ3n) is 0. The molecule has 0 aliphatic heterocycles. The molecule has 0 atom stereocenters. The standard InChI is InChI=1S/3ClH.7H2O.Sc/h3*1H;7*1H2;/q;;;;;;;;;;+3/p-3. The first kappa shape index (κ1) is 82.3. The van der Waals surface area contributed by atoms with E-state index in [9.17, 15) is 0 Å². The third-order valence-corrected chi connectivity index (χ3v) is 0. The summed E-state index contributed by atoms with van der Waals surface area (Å²) in [5.74, 6) is 0. The summed E-state index contributed by atoms with van der Waals surface area (Å²) in [4.78, 5) is 0. The maximum atomic E-state index is 4.99. The number of rotatable bonds is 0. The Kier molecular flexibility index (Phi) is 471. The van der Waals surface area contributed by atoms with Crippen LogP contribution in [-0.4, -0.2) is 38.3 Å². The van der Waals surface area contributed by atoms with Crippen molar-refractivity contribution in [2.24, 2.45) is 0 Å². The molecule has 0 saturated heterocycles. The van der Waals surface area contributed by atoms with Gasteiger partial charge >= 0.3 is 43.6 Å². The second kappa shape index (κ2) is 63.0. The Morgan fingerprint density at radius 1 is 0.455 bits per heavy atom. The molecular formula is H14Cl3O7Sc. The van der Waals surface area contributed by atoms with Crippen molar-refractivity contribution in [3.05, 3.63) is 0 Å². The van der Waals surface area contributed by atoms with Gasteiger partial charge in [-0.2, -0.15) is 0 Å². The van der Waals surface area contributed by atoms with Crippen LogP contribution in [0.25, 0.3) is 0 Å². The van der Waals surface area contributed by atoms with Crippen LogP contribution in [0.4, 0.5) is 0 Å². The predicted molar refractivity (Wildman–Crippen MR) is 42.9 cm³/mol. The fourth-order valence-corrected chi connectivity index (χ4v) is 0. The van der Waals surface area contributed by atoms with Gasteiger partial charge in [-0.05, 0) is 0 Å². The fourth-order valence-electron chi connectivity index (χ4n) is 0. The van der Waals surface area contributed by atoms with E-state index in [1.165, 1.54) is 0 Å². The fraction of sp³-hybridized carbons (Fsp3) is 0. The number of hydrogen-bond acceptors (Lipinski definition) is 0. The summed E-state index contributed by atoms with van der Waals surface area (Å²) in [6, 6.07) is 0. The molecular weight excluding hydrogens is 263 g/mol. The van der Waals surface area contributed by atoms with E-state index in [-0.39, 0.29) is 38.3 Å². The molecule has 0 fully saturated rings. The zero-order chi connectivity index (χ0) is 3.58. The molecule has 14 N–H and O–H groups in total. The van der Waals surface area contributed by atoms with Gasteiger partial charge in [-0.25, -0.2) is 0 Å². The number of halogens is 3. The first-order valence-electron chi connectivity index (χ1n) is 0.655. The zero-order valence-corrected chi connectivity index (χ0v) is 9.28. The monoisotopic (exact) mass is 276 g/mol. The SMILES string of the molecule is O.O.O.O.O.O.O.[Cl][Sc]([Cl])[Cl]. The van der Waals surface area contributed by atoms with Gasteiger partial charge < -0.3 is 38.3 Å². The van der Waals surface area contributed by atoms with Gasteiger partial charge in [-0.3, -0.25) is 0 Å². The van der Waals surface area contributed by atoms with Gasteiger partial charge in [-0.1, -0.05) is 0 Å². The summed E-state index contributed by atoms with van der Waals surface area (Å²) in [6.45, 7) is 0. The maximum absolute atomic E-state index is 4.99. The molecule has 0 aliphatic rings. The Hall–Kier alpha value is 1.46. The van der Waals surface area contributed by atoms with Crippen molar-refractivity contribution < 1.29 is 56.2 Å². The van der Waals surface area contributed by atoms with E-state index in [4.69, 9.17) is 25.7 Å². The van der Waals surface area contributed by atoms with Gasteiger partial charge in [-0.15, -0.1) is 0 Å². The Labute approximate surface area is 81.7 Å². The van der Waals surface area contributed by atoms with E-state index in [1.54, 1.807) is 0 Å². The molecule has 0 aliphatic carbocycles. The Morgan fingerprint density at radius 3 is 0.455 bits per heavy atom. The van der Waals surface area contributed by atoms with Crippen LogP contribution in [-0.2, 0) is 17.9 Å². The van der Waals surface area contributed by atoms with Crippen LogP contribution in [0.2, 0.25) is 0 Å². The summed E-state index contributed by atoms with van der Waals surface area (Å²) in [5.41, 5.74) is 0. The van der Waals surface area contributed by atoms with E-state index in [0.717, 1.165) is 0 Å². The summed E-state index contributed by atoms with van der Waals surface area (Å²) in [6.07, 6.45) is 0. The Balaban J connectivity index is -0.00000000214. The van der Waals surface area contributed by atoms with Gasteiger partial charge in [0.2, 0.25) is 0 Å². The molecule has 0 aromatic carbocycles. The first-order valence-corrected chi connectivity index (χ1v) is 8.10. The first-order chi connectivity index (χ1) is 1.73. The van der Waals surface area contributed by atoms with Crippen LogP contribution in [0, 0.1) is 0 Å². The topological polar surface area (TPSA) is 220 Å². The molecule has 0 aromatic rings. The van der Waals surface area contributed by atoms with Crippen molar-refractivity contribution >= 4 is 25.7 Å². The number of hydrogen-bond donors (Lipinski definition) is 0. The van der Waals surface area contributed by atoms with Crippen LogP contribution in [0.3, 0.4) is 0 Å². The molecule has 0 unspecified atom stereocenters. The van der Waals surface area contributed by atoms with Crippen LogP contribution in [0.15, 0.2) is 0 Å². The van der Waals surface area contributed by atoms with Crippen LogP contribution < -0.4 is 0 Å². The van der Waals surface area contributed by atoms with Gasteiger partial charge in [0, 0.05) is 0 Å². The van der Waals surface area contributed by atoms with Crippen molar-refractivity contribution in [2.75, 3.05) is 0 Å². The molecule has 7 nitrogen and oxygen atoms in total. The quantitative estimate of drug-likeness (QED) is 0.416. The van der Waals surface area contributed by atoms with Gasteiger partial charge in [0.1, 0.15) is 0 Å². The molecule has 11 heteroatoms. The molecule has 0 aromatic heterocycles. The molecule has 0 rings (SSSR count). The molecule has 0 spiro atoms. The average molecular weight is 277 g/mol. The molecule has 0 heterocycles. The molecule has 0 radical (unpaired) electrons. The Bertz CT molecular complexity index is 18.4. The van der Waals surface area contributed by atoms with Crippen LogP contribution in [0.1, 0.15) is 0 Å². The summed E-state index contributed by atoms with van der Waals surface area (Å²) >= 11 is -2.06. The van der Waals surface area contributed by atoms with Crippen molar-refractivity contribution in [3.8, 4) is 0 Å². The van der Waals surface area contributed by atoms with Crippen molar-refractivity contribution in [2.45, 2.75) is 0 Å². The van der Waals surface area contributed by atoms with E-state index < -0.39 is 17.9 Å². The predicted octanol–water partition coefficient (Wildman–Crippen LogP) is -3.71. The average Bonchev–Trinajstić information content (AvgIpc) is 0.811. The minimum absolute atomic E-state index is 0. The Morgan fingerprint density at radius 2 is 0.455 bits per heavy atom. The molecule has 0 saturated carbocycles. The summed E-state index contributed by atoms with van der Waals surface area (Å²) in [5, 5.41) is 0. The van der Waals surface area contributed by atoms with Crippen LogP contribution in [0.5, 0.6) is 0 Å². The van der Waals surface area contributed by atoms with E-state index in [2.05, 4.69) is 0 Å². The van der Waals surface area contributed by atoms with Crippen molar-refractivity contribution in [3.63, 3.8) is 0 Å².